The molecule has 1 fully saturated rings. The number of hydrogen-bond donors (Lipinski definition) is 0. The average molecular weight is 616 g/mol. The van der Waals surface area contributed by atoms with Gasteiger partial charge in [0.05, 0.1) is 0 Å². The van der Waals surface area contributed by atoms with Gasteiger partial charge in [-0.2, -0.15) is 0 Å². The number of carbonyl (C=O) groups excluding carboxylic acids is 1. The molecule has 4 rings (SSSR count). The van der Waals surface area contributed by atoms with Gasteiger partial charge in [-0.1, -0.05) is 121 Å². The van der Waals surface area contributed by atoms with Crippen LogP contribution in [0.3, 0.4) is 0 Å². The summed E-state index contributed by atoms with van der Waals surface area (Å²) < 4.78 is 6.59. The van der Waals surface area contributed by atoms with Crippen molar-refractivity contribution in [1.82, 2.24) is 4.90 Å². The molecule has 1 aliphatic rings. The number of benzene rings is 3. The van der Waals surface area contributed by atoms with E-state index in [1.54, 1.807) is 0 Å². The molecular weight excluding hydrogens is 576 g/mol. The van der Waals surface area contributed by atoms with Gasteiger partial charge in [-0.3, -0.25) is 0 Å². The Morgan fingerprint density at radius 3 is 1.58 bits per heavy atom. The van der Waals surface area contributed by atoms with Gasteiger partial charge in [-0.05, 0) is 69.3 Å². The number of carbonyl (C=O) groups is 1. The minimum atomic E-state index is -0.446. The summed E-state index contributed by atoms with van der Waals surface area (Å²) >= 11 is 2.45. The van der Waals surface area contributed by atoms with Crippen LogP contribution in [0.1, 0.15) is 40.5 Å². The first kappa shape index (κ1) is 28.7. The fraction of sp³-hybridized carbons (Fsp3) is 0.387. The molecular formula is C31H39INO2P. The zero-order valence-electron chi connectivity index (χ0n) is 21.9. The summed E-state index contributed by atoms with van der Waals surface area (Å²) in [4.78, 5) is 13.7. The molecule has 0 bridgehead atoms. The fourth-order valence-corrected chi connectivity index (χ4v) is 7.31. The van der Waals surface area contributed by atoms with Crippen LogP contribution in [0.15, 0.2) is 91.0 Å². The number of likely N-dealkylation sites (tertiary alicyclic amines) is 1. The lowest BCUT2D eigenvalue weighted by Crippen LogP contribution is -2.42. The minimum absolute atomic E-state index is 0.155. The van der Waals surface area contributed by atoms with Crippen LogP contribution in [0, 0.1) is 11.8 Å². The van der Waals surface area contributed by atoms with E-state index in [1.807, 2.05) is 25.7 Å². The third-order valence-electron chi connectivity index (χ3n) is 6.28. The third kappa shape index (κ3) is 8.88. The SMILES string of the molecule is CC(CI)C1CCN(C(=O)OC(C)(C)C)CC1.c1ccc(P(c2ccccc2)c2ccccc2)cc1. The van der Waals surface area contributed by atoms with Crippen LogP contribution < -0.4 is 15.9 Å². The largest absolute Gasteiger partial charge is 0.444 e. The molecule has 3 aromatic carbocycles. The Balaban J connectivity index is 0.000000202. The number of halogens is 1. The zero-order valence-corrected chi connectivity index (χ0v) is 25.0. The molecule has 0 spiro atoms. The highest BCUT2D eigenvalue weighted by Gasteiger charge is 2.28. The first-order chi connectivity index (χ1) is 17.3. The van der Waals surface area contributed by atoms with Gasteiger partial charge in [-0.25, -0.2) is 4.79 Å². The molecule has 1 amide bonds. The van der Waals surface area contributed by atoms with Crippen molar-refractivity contribution in [3.05, 3.63) is 91.0 Å². The van der Waals surface area contributed by atoms with E-state index >= 15 is 0 Å². The molecule has 1 heterocycles. The van der Waals surface area contributed by atoms with E-state index in [-0.39, 0.29) is 11.7 Å². The Hall–Kier alpha value is -1.91. The summed E-state index contributed by atoms with van der Waals surface area (Å²) in [5.41, 5.74) is -0.385. The maximum Gasteiger partial charge on any atom is 0.410 e. The lowest BCUT2D eigenvalue weighted by Gasteiger charge is -2.35. The highest BCUT2D eigenvalue weighted by atomic mass is 127. The quantitative estimate of drug-likeness (QED) is 0.173. The Morgan fingerprint density at radius 2 is 1.25 bits per heavy atom. The second kappa shape index (κ2) is 14.1. The monoisotopic (exact) mass is 615 g/mol. The molecule has 1 unspecified atom stereocenters. The maximum atomic E-state index is 11.9. The molecule has 3 aromatic rings. The van der Waals surface area contributed by atoms with E-state index in [1.165, 1.54) is 20.3 Å². The van der Waals surface area contributed by atoms with Gasteiger partial charge in [0.25, 0.3) is 0 Å². The Labute approximate surface area is 232 Å². The minimum Gasteiger partial charge on any atom is -0.444 e. The number of nitrogens with zero attached hydrogens (tertiary/aromatic N) is 1. The number of hydrogen-bond acceptors (Lipinski definition) is 2. The normalized spacial score (nSPS) is 15.1. The van der Waals surface area contributed by atoms with Gasteiger partial charge in [-0.15, -0.1) is 0 Å². The Kier molecular flexibility index (Phi) is 11.3. The van der Waals surface area contributed by atoms with E-state index in [0.717, 1.165) is 37.8 Å². The molecule has 192 valence electrons. The van der Waals surface area contributed by atoms with Crippen molar-refractivity contribution in [1.29, 1.82) is 0 Å². The Bertz CT molecular complexity index is 939. The van der Waals surface area contributed by atoms with Crippen LogP contribution in [0.25, 0.3) is 0 Å². The van der Waals surface area contributed by atoms with E-state index in [2.05, 4.69) is 121 Å². The second-order valence-corrected chi connectivity index (χ2v) is 13.4. The van der Waals surface area contributed by atoms with Crippen molar-refractivity contribution in [3.8, 4) is 0 Å². The Morgan fingerprint density at radius 1 is 0.861 bits per heavy atom. The summed E-state index contributed by atoms with van der Waals surface area (Å²) in [6.07, 6.45) is 2.07. The van der Waals surface area contributed by atoms with Crippen LogP contribution >= 0.6 is 30.5 Å². The predicted molar refractivity (Wildman–Crippen MR) is 164 cm³/mol. The standard InChI is InChI=1S/C18H15P.C13H24INO2/c1-4-10-16(11-5-1)19(17-12-6-2-7-13-17)18-14-8-3-9-15-18;1-10(9-14)11-5-7-15(8-6-11)12(16)17-13(2,3)4/h1-15H;10-11H,5-9H2,1-4H3. The molecule has 3 nitrogen and oxygen atoms in total. The molecule has 0 aromatic heterocycles. The predicted octanol–water partition coefficient (Wildman–Crippen LogP) is 7.15. The van der Waals surface area contributed by atoms with Crippen molar-refractivity contribution in [3.63, 3.8) is 0 Å². The van der Waals surface area contributed by atoms with E-state index < -0.39 is 7.92 Å². The van der Waals surface area contributed by atoms with E-state index in [4.69, 9.17) is 4.74 Å². The van der Waals surface area contributed by atoms with Gasteiger partial charge in [0, 0.05) is 17.5 Å². The van der Waals surface area contributed by atoms with E-state index in [9.17, 15) is 4.79 Å². The highest BCUT2D eigenvalue weighted by molar-refractivity contribution is 14.1. The number of rotatable bonds is 5. The topological polar surface area (TPSA) is 29.5 Å². The maximum absolute atomic E-state index is 11.9. The van der Waals surface area contributed by atoms with Gasteiger partial charge >= 0.3 is 6.09 Å². The summed E-state index contributed by atoms with van der Waals surface area (Å²) in [5, 5.41) is 4.19. The van der Waals surface area contributed by atoms with Crippen LogP contribution in [0.4, 0.5) is 4.79 Å². The summed E-state index contributed by atoms with van der Waals surface area (Å²) in [7, 11) is -0.446. The van der Waals surface area contributed by atoms with Gasteiger partial charge in [0.2, 0.25) is 0 Å². The molecule has 0 radical (unpaired) electrons. The van der Waals surface area contributed by atoms with Crippen molar-refractivity contribution < 1.29 is 9.53 Å². The van der Waals surface area contributed by atoms with Gasteiger partial charge < -0.3 is 9.64 Å². The molecule has 5 heteroatoms. The number of amides is 1. The molecule has 1 saturated heterocycles. The van der Waals surface area contributed by atoms with Crippen molar-refractivity contribution in [2.45, 2.75) is 46.1 Å². The number of ether oxygens (including phenoxy) is 1. The summed E-state index contributed by atoms with van der Waals surface area (Å²) in [6, 6.07) is 32.3. The summed E-state index contributed by atoms with van der Waals surface area (Å²) in [5.74, 6) is 1.53. The molecule has 0 aliphatic carbocycles. The zero-order chi connectivity index (χ0) is 26.0. The number of alkyl halides is 1. The van der Waals surface area contributed by atoms with Crippen LogP contribution in [0.5, 0.6) is 0 Å². The van der Waals surface area contributed by atoms with Gasteiger partial charge in [0.1, 0.15) is 5.60 Å². The van der Waals surface area contributed by atoms with Crippen molar-refractivity contribution >= 4 is 52.5 Å². The first-order valence-corrected chi connectivity index (χ1v) is 15.6. The third-order valence-corrected chi connectivity index (χ3v) is 10.1. The molecule has 0 saturated carbocycles. The van der Waals surface area contributed by atoms with Gasteiger partial charge in [0.15, 0.2) is 0 Å². The van der Waals surface area contributed by atoms with Crippen LogP contribution in [-0.4, -0.2) is 34.1 Å². The molecule has 1 atom stereocenters. The average Bonchev–Trinajstić information content (AvgIpc) is 2.90. The fourth-order valence-electron chi connectivity index (χ4n) is 4.28. The molecule has 0 N–H and O–H groups in total. The number of piperidine rings is 1. The van der Waals surface area contributed by atoms with Crippen molar-refractivity contribution in [2.24, 2.45) is 11.8 Å². The lowest BCUT2D eigenvalue weighted by molar-refractivity contribution is 0.0167. The summed E-state index contributed by atoms with van der Waals surface area (Å²) in [6.45, 7) is 9.74. The van der Waals surface area contributed by atoms with Crippen LogP contribution in [-0.2, 0) is 4.74 Å². The molecule has 1 aliphatic heterocycles. The van der Waals surface area contributed by atoms with Crippen molar-refractivity contribution in [2.75, 3.05) is 17.5 Å². The molecule has 36 heavy (non-hydrogen) atoms. The van der Waals surface area contributed by atoms with Crippen LogP contribution in [0.2, 0.25) is 0 Å². The highest BCUT2D eigenvalue weighted by Crippen LogP contribution is 2.32. The first-order valence-electron chi connectivity index (χ1n) is 12.8. The lowest BCUT2D eigenvalue weighted by atomic mass is 9.87. The van der Waals surface area contributed by atoms with E-state index in [0.29, 0.717) is 0 Å². The second-order valence-electron chi connectivity index (χ2n) is 10.3. The smallest absolute Gasteiger partial charge is 0.410 e.